The van der Waals surface area contributed by atoms with Gasteiger partial charge in [-0.1, -0.05) is 28.1 Å². The van der Waals surface area contributed by atoms with E-state index in [9.17, 15) is 0 Å². The number of benzene rings is 1. The van der Waals surface area contributed by atoms with Gasteiger partial charge in [0.25, 0.3) is 0 Å². The molecule has 1 aliphatic rings. The van der Waals surface area contributed by atoms with Crippen LogP contribution in [-0.4, -0.2) is 19.8 Å². The zero-order valence-electron chi connectivity index (χ0n) is 9.78. The highest BCUT2D eigenvalue weighted by Crippen LogP contribution is 2.39. The van der Waals surface area contributed by atoms with Gasteiger partial charge in [-0.15, -0.1) is 0 Å². The van der Waals surface area contributed by atoms with Gasteiger partial charge in [0.15, 0.2) is 11.5 Å². The van der Waals surface area contributed by atoms with Crippen LogP contribution in [0, 0.1) is 0 Å². The number of ether oxygens (including phenoxy) is 2. The van der Waals surface area contributed by atoms with Crippen molar-refractivity contribution in [2.45, 2.75) is 18.9 Å². The Morgan fingerprint density at radius 1 is 1.47 bits per heavy atom. The Labute approximate surface area is 110 Å². The third-order valence-electron chi connectivity index (χ3n) is 2.51. The molecular formula is C13H16BrNO2. The first-order chi connectivity index (χ1) is 8.24. The Morgan fingerprint density at radius 3 is 2.82 bits per heavy atom. The minimum absolute atomic E-state index is 0.343. The van der Waals surface area contributed by atoms with E-state index in [1.807, 2.05) is 24.3 Å². The lowest BCUT2D eigenvalue weighted by Crippen LogP contribution is -2.01. The molecule has 0 spiro atoms. The van der Waals surface area contributed by atoms with E-state index >= 15 is 0 Å². The van der Waals surface area contributed by atoms with E-state index in [0.29, 0.717) is 12.6 Å². The lowest BCUT2D eigenvalue weighted by Gasteiger charge is -2.13. The lowest BCUT2D eigenvalue weighted by molar-refractivity contribution is 0.281. The Morgan fingerprint density at radius 2 is 2.24 bits per heavy atom. The molecule has 1 saturated carbocycles. The summed E-state index contributed by atoms with van der Waals surface area (Å²) in [6, 6.07) is 3.92. The van der Waals surface area contributed by atoms with Crippen LogP contribution in [0.15, 0.2) is 22.7 Å². The molecule has 92 valence electrons. The molecule has 1 aromatic carbocycles. The van der Waals surface area contributed by atoms with Gasteiger partial charge >= 0.3 is 0 Å². The van der Waals surface area contributed by atoms with E-state index in [1.165, 1.54) is 0 Å². The maximum atomic E-state index is 5.89. The third kappa shape index (κ3) is 3.23. The van der Waals surface area contributed by atoms with Crippen LogP contribution in [0.4, 0.5) is 0 Å². The number of nitrogens with two attached hydrogens (primary N) is 1. The summed E-state index contributed by atoms with van der Waals surface area (Å²) in [5.74, 6) is 1.56. The van der Waals surface area contributed by atoms with Crippen molar-refractivity contribution in [1.29, 1.82) is 0 Å². The summed E-state index contributed by atoms with van der Waals surface area (Å²) in [5, 5.41) is 0. The van der Waals surface area contributed by atoms with E-state index in [1.54, 1.807) is 7.11 Å². The van der Waals surface area contributed by atoms with E-state index in [4.69, 9.17) is 15.2 Å². The summed E-state index contributed by atoms with van der Waals surface area (Å²) >= 11 is 3.46. The summed E-state index contributed by atoms with van der Waals surface area (Å²) in [4.78, 5) is 0. The Hall–Kier alpha value is -1.00. The van der Waals surface area contributed by atoms with Crippen molar-refractivity contribution in [2.24, 2.45) is 5.73 Å². The van der Waals surface area contributed by atoms with Gasteiger partial charge in [0.05, 0.1) is 13.2 Å². The average Bonchev–Trinajstić information content (AvgIpc) is 3.12. The number of rotatable bonds is 5. The molecule has 1 aromatic rings. The minimum atomic E-state index is 0.343. The van der Waals surface area contributed by atoms with Gasteiger partial charge in [0, 0.05) is 16.6 Å². The Kier molecular flexibility index (Phi) is 4.07. The molecule has 2 N–H and O–H groups in total. The van der Waals surface area contributed by atoms with Gasteiger partial charge < -0.3 is 15.2 Å². The van der Waals surface area contributed by atoms with Crippen molar-refractivity contribution in [3.05, 3.63) is 28.2 Å². The topological polar surface area (TPSA) is 44.5 Å². The SMILES string of the molecule is COc1cc(Br)cc(/C=C/CN)c1OC1CC1. The van der Waals surface area contributed by atoms with E-state index in [2.05, 4.69) is 15.9 Å². The lowest BCUT2D eigenvalue weighted by atomic mass is 10.1. The van der Waals surface area contributed by atoms with Crippen molar-refractivity contribution in [2.75, 3.05) is 13.7 Å². The van der Waals surface area contributed by atoms with Crippen LogP contribution in [0.2, 0.25) is 0 Å². The largest absolute Gasteiger partial charge is 0.493 e. The highest BCUT2D eigenvalue weighted by Gasteiger charge is 2.26. The third-order valence-corrected chi connectivity index (χ3v) is 2.97. The van der Waals surface area contributed by atoms with Crippen LogP contribution in [0.25, 0.3) is 6.08 Å². The second-order valence-electron chi connectivity index (χ2n) is 3.98. The van der Waals surface area contributed by atoms with Gasteiger partial charge in [-0.3, -0.25) is 0 Å². The molecule has 1 fully saturated rings. The average molecular weight is 298 g/mol. The molecule has 1 aliphatic carbocycles. The smallest absolute Gasteiger partial charge is 0.168 e. The number of halogens is 1. The first-order valence-corrected chi connectivity index (χ1v) is 6.44. The monoisotopic (exact) mass is 297 g/mol. The quantitative estimate of drug-likeness (QED) is 0.909. The molecule has 0 heterocycles. The molecular weight excluding hydrogens is 282 g/mol. The second-order valence-corrected chi connectivity index (χ2v) is 4.90. The molecule has 0 aliphatic heterocycles. The molecule has 0 aromatic heterocycles. The predicted molar refractivity (Wildman–Crippen MR) is 72.4 cm³/mol. The van der Waals surface area contributed by atoms with Crippen molar-refractivity contribution >= 4 is 22.0 Å². The molecule has 0 saturated heterocycles. The zero-order chi connectivity index (χ0) is 12.3. The van der Waals surface area contributed by atoms with Crippen LogP contribution in [-0.2, 0) is 0 Å². The summed E-state index contributed by atoms with van der Waals surface area (Å²) in [6.07, 6.45) is 6.46. The maximum Gasteiger partial charge on any atom is 0.168 e. The fourth-order valence-corrected chi connectivity index (χ4v) is 1.99. The molecule has 17 heavy (non-hydrogen) atoms. The van der Waals surface area contributed by atoms with Crippen LogP contribution >= 0.6 is 15.9 Å². The zero-order valence-corrected chi connectivity index (χ0v) is 11.4. The normalized spacial score (nSPS) is 15.2. The molecule has 2 rings (SSSR count). The predicted octanol–water partition coefficient (Wildman–Crippen LogP) is 2.97. The molecule has 0 unspecified atom stereocenters. The summed E-state index contributed by atoms with van der Waals surface area (Å²) in [7, 11) is 1.65. The minimum Gasteiger partial charge on any atom is -0.493 e. The van der Waals surface area contributed by atoms with E-state index in [0.717, 1.165) is 34.4 Å². The molecule has 0 amide bonds. The fourth-order valence-electron chi connectivity index (χ4n) is 1.54. The summed E-state index contributed by atoms with van der Waals surface area (Å²) in [5.41, 5.74) is 6.47. The maximum absolute atomic E-state index is 5.89. The van der Waals surface area contributed by atoms with Crippen molar-refractivity contribution in [3.8, 4) is 11.5 Å². The van der Waals surface area contributed by atoms with Crippen LogP contribution in [0.3, 0.4) is 0 Å². The Balaban J connectivity index is 2.37. The van der Waals surface area contributed by atoms with E-state index < -0.39 is 0 Å². The molecule has 4 heteroatoms. The van der Waals surface area contributed by atoms with Crippen molar-refractivity contribution < 1.29 is 9.47 Å². The van der Waals surface area contributed by atoms with Gasteiger partial charge in [-0.25, -0.2) is 0 Å². The second kappa shape index (κ2) is 5.56. The van der Waals surface area contributed by atoms with Crippen LogP contribution < -0.4 is 15.2 Å². The molecule has 0 bridgehead atoms. The Bertz CT molecular complexity index is 428. The summed E-state index contributed by atoms with van der Waals surface area (Å²) < 4.78 is 12.2. The molecule has 0 atom stereocenters. The standard InChI is InChI=1S/C13H16BrNO2/c1-16-12-8-10(14)7-9(3-2-6-15)13(12)17-11-4-5-11/h2-3,7-8,11H,4-6,15H2,1H3/b3-2+. The molecule has 0 radical (unpaired) electrons. The van der Waals surface area contributed by atoms with Crippen molar-refractivity contribution in [3.63, 3.8) is 0 Å². The molecule has 3 nitrogen and oxygen atoms in total. The first-order valence-electron chi connectivity index (χ1n) is 5.65. The highest BCUT2D eigenvalue weighted by molar-refractivity contribution is 9.10. The van der Waals surface area contributed by atoms with Crippen molar-refractivity contribution in [1.82, 2.24) is 0 Å². The highest BCUT2D eigenvalue weighted by atomic mass is 79.9. The van der Waals surface area contributed by atoms with Gasteiger partial charge in [0.1, 0.15) is 0 Å². The van der Waals surface area contributed by atoms with E-state index in [-0.39, 0.29) is 0 Å². The van der Waals surface area contributed by atoms with Gasteiger partial charge in [0.2, 0.25) is 0 Å². The fraction of sp³-hybridized carbons (Fsp3) is 0.385. The summed E-state index contributed by atoms with van der Waals surface area (Å²) in [6.45, 7) is 0.512. The van der Waals surface area contributed by atoms with Gasteiger partial charge in [-0.05, 0) is 25.0 Å². The number of hydrogen-bond acceptors (Lipinski definition) is 3. The first kappa shape index (κ1) is 12.5. The van der Waals surface area contributed by atoms with Crippen LogP contribution in [0.5, 0.6) is 11.5 Å². The van der Waals surface area contributed by atoms with Gasteiger partial charge in [-0.2, -0.15) is 0 Å². The number of hydrogen-bond donors (Lipinski definition) is 1. The van der Waals surface area contributed by atoms with Crippen LogP contribution in [0.1, 0.15) is 18.4 Å². The number of methoxy groups -OCH3 is 1.